The molecule has 1 aromatic heterocycles. The Morgan fingerprint density at radius 2 is 1.92 bits per heavy atom. The number of carboxylic acids is 1. The molecule has 0 radical (unpaired) electrons. The topological polar surface area (TPSA) is 64.3 Å². The third-order valence-corrected chi connectivity index (χ3v) is 3.93. The maximum Gasteiger partial charge on any atom is 0.303 e. The first-order valence-corrected chi connectivity index (χ1v) is 8.12. The van der Waals surface area contributed by atoms with Gasteiger partial charge in [0, 0.05) is 24.6 Å². The quantitative estimate of drug-likeness (QED) is 0.732. The summed E-state index contributed by atoms with van der Waals surface area (Å²) in [5.41, 5.74) is 3.59. The van der Waals surface area contributed by atoms with Gasteiger partial charge < -0.3 is 9.84 Å². The van der Waals surface area contributed by atoms with E-state index in [1.807, 2.05) is 68.6 Å². The van der Waals surface area contributed by atoms with E-state index in [0.717, 1.165) is 22.4 Å². The van der Waals surface area contributed by atoms with Crippen LogP contribution in [0.15, 0.2) is 54.6 Å². The van der Waals surface area contributed by atoms with Gasteiger partial charge in [0.25, 0.3) is 0 Å². The van der Waals surface area contributed by atoms with Gasteiger partial charge in [-0.2, -0.15) is 5.10 Å². The number of hydrogen-bond acceptors (Lipinski definition) is 3. The minimum absolute atomic E-state index is 0.0235. The summed E-state index contributed by atoms with van der Waals surface area (Å²) in [6.45, 7) is 2.00. The number of aromatic nitrogens is 2. The Balaban J connectivity index is 2.04. The fourth-order valence-electron chi connectivity index (χ4n) is 2.76. The van der Waals surface area contributed by atoms with Gasteiger partial charge in [0.05, 0.1) is 5.69 Å². The molecule has 25 heavy (non-hydrogen) atoms. The van der Waals surface area contributed by atoms with Gasteiger partial charge in [-0.05, 0) is 31.0 Å². The molecule has 0 aliphatic heterocycles. The van der Waals surface area contributed by atoms with Gasteiger partial charge in [0.2, 0.25) is 5.88 Å². The summed E-state index contributed by atoms with van der Waals surface area (Å²) in [7, 11) is 1.81. The molecule has 1 N–H and O–H groups in total. The smallest absolute Gasteiger partial charge is 0.303 e. The summed E-state index contributed by atoms with van der Waals surface area (Å²) in [5, 5.41) is 13.7. The SMILES string of the molecule is Cc1cccc(Oc2c(CCC(=O)O)c(-c3ccccc3)nn2C)c1. The van der Waals surface area contributed by atoms with E-state index >= 15 is 0 Å². The highest BCUT2D eigenvalue weighted by atomic mass is 16.5. The Bertz CT molecular complexity index is 885. The van der Waals surface area contributed by atoms with E-state index in [4.69, 9.17) is 9.84 Å². The molecule has 0 spiro atoms. The monoisotopic (exact) mass is 336 g/mol. The number of ether oxygens (including phenoxy) is 1. The number of aryl methyl sites for hydroxylation is 2. The summed E-state index contributed by atoms with van der Waals surface area (Å²) in [6.07, 6.45) is 0.379. The highest BCUT2D eigenvalue weighted by molar-refractivity contribution is 5.70. The Morgan fingerprint density at radius 3 is 2.60 bits per heavy atom. The first-order valence-electron chi connectivity index (χ1n) is 8.12. The van der Waals surface area contributed by atoms with Crippen molar-refractivity contribution in [3.8, 4) is 22.9 Å². The molecule has 5 heteroatoms. The van der Waals surface area contributed by atoms with Crippen LogP contribution in [-0.2, 0) is 18.3 Å². The van der Waals surface area contributed by atoms with Crippen LogP contribution in [0.2, 0.25) is 0 Å². The highest BCUT2D eigenvalue weighted by Gasteiger charge is 2.20. The van der Waals surface area contributed by atoms with Gasteiger partial charge in [-0.15, -0.1) is 0 Å². The van der Waals surface area contributed by atoms with Crippen molar-refractivity contribution in [2.75, 3.05) is 0 Å². The van der Waals surface area contributed by atoms with E-state index in [2.05, 4.69) is 5.10 Å². The first kappa shape index (κ1) is 16.8. The minimum atomic E-state index is -0.843. The highest BCUT2D eigenvalue weighted by Crippen LogP contribution is 2.34. The van der Waals surface area contributed by atoms with Crippen LogP contribution in [0.25, 0.3) is 11.3 Å². The van der Waals surface area contributed by atoms with Gasteiger partial charge in [-0.25, -0.2) is 4.68 Å². The number of nitrogens with zero attached hydrogens (tertiary/aromatic N) is 2. The largest absolute Gasteiger partial charge is 0.481 e. The van der Waals surface area contributed by atoms with E-state index in [9.17, 15) is 4.79 Å². The van der Waals surface area contributed by atoms with Crippen LogP contribution in [0.5, 0.6) is 11.6 Å². The molecule has 3 rings (SSSR count). The Kier molecular flexibility index (Phi) is 4.84. The van der Waals surface area contributed by atoms with Crippen molar-refractivity contribution in [3.63, 3.8) is 0 Å². The third kappa shape index (κ3) is 3.88. The zero-order chi connectivity index (χ0) is 17.8. The number of aliphatic carboxylic acids is 1. The molecule has 1 heterocycles. The van der Waals surface area contributed by atoms with Crippen molar-refractivity contribution in [1.29, 1.82) is 0 Å². The Labute approximate surface area is 146 Å². The maximum absolute atomic E-state index is 11.1. The summed E-state index contributed by atoms with van der Waals surface area (Å²) in [5.74, 6) is 0.439. The summed E-state index contributed by atoms with van der Waals surface area (Å²) in [4.78, 5) is 11.1. The lowest BCUT2D eigenvalue weighted by Crippen LogP contribution is -2.01. The van der Waals surface area contributed by atoms with E-state index < -0.39 is 5.97 Å². The fourth-order valence-corrected chi connectivity index (χ4v) is 2.76. The molecule has 0 amide bonds. The van der Waals surface area contributed by atoms with Gasteiger partial charge >= 0.3 is 5.97 Å². The van der Waals surface area contributed by atoms with Crippen molar-refractivity contribution < 1.29 is 14.6 Å². The van der Waals surface area contributed by atoms with Crippen LogP contribution < -0.4 is 4.74 Å². The lowest BCUT2D eigenvalue weighted by atomic mass is 10.0. The molecule has 3 aromatic rings. The van der Waals surface area contributed by atoms with Crippen LogP contribution in [-0.4, -0.2) is 20.9 Å². The van der Waals surface area contributed by atoms with Gasteiger partial charge in [-0.1, -0.05) is 42.5 Å². The molecule has 0 saturated carbocycles. The lowest BCUT2D eigenvalue weighted by Gasteiger charge is -2.09. The molecule has 0 saturated heterocycles. The lowest BCUT2D eigenvalue weighted by molar-refractivity contribution is -0.136. The Morgan fingerprint density at radius 1 is 1.16 bits per heavy atom. The molecule has 0 unspecified atom stereocenters. The second kappa shape index (κ2) is 7.21. The predicted octanol–water partition coefficient (Wildman–Crippen LogP) is 4.21. The van der Waals surface area contributed by atoms with E-state index in [1.54, 1.807) is 4.68 Å². The number of rotatable bonds is 6. The van der Waals surface area contributed by atoms with Gasteiger partial charge in [0.15, 0.2) is 0 Å². The minimum Gasteiger partial charge on any atom is -0.481 e. The first-order chi connectivity index (χ1) is 12.0. The Hall–Kier alpha value is -3.08. The summed E-state index contributed by atoms with van der Waals surface area (Å²) < 4.78 is 7.73. The van der Waals surface area contributed by atoms with Crippen molar-refractivity contribution >= 4 is 5.97 Å². The maximum atomic E-state index is 11.1. The van der Waals surface area contributed by atoms with Crippen molar-refractivity contribution in [2.45, 2.75) is 19.8 Å². The number of benzene rings is 2. The molecular formula is C20H20N2O3. The third-order valence-electron chi connectivity index (χ3n) is 3.93. The van der Waals surface area contributed by atoms with Crippen molar-refractivity contribution in [2.24, 2.45) is 7.05 Å². The number of carbonyl (C=O) groups is 1. The summed E-state index contributed by atoms with van der Waals surface area (Å²) in [6, 6.07) is 17.5. The fraction of sp³-hybridized carbons (Fsp3) is 0.200. The second-order valence-corrected chi connectivity index (χ2v) is 5.93. The van der Waals surface area contributed by atoms with Crippen LogP contribution >= 0.6 is 0 Å². The molecule has 0 fully saturated rings. The molecule has 0 atom stereocenters. The van der Waals surface area contributed by atoms with E-state index in [-0.39, 0.29) is 6.42 Å². The van der Waals surface area contributed by atoms with Crippen LogP contribution in [0, 0.1) is 6.92 Å². The normalized spacial score (nSPS) is 10.6. The zero-order valence-corrected chi connectivity index (χ0v) is 14.3. The average molecular weight is 336 g/mol. The van der Waals surface area contributed by atoms with Crippen molar-refractivity contribution in [1.82, 2.24) is 9.78 Å². The van der Waals surface area contributed by atoms with Crippen molar-refractivity contribution in [3.05, 3.63) is 65.7 Å². The summed E-state index contributed by atoms with van der Waals surface area (Å²) >= 11 is 0. The molecule has 0 aliphatic rings. The average Bonchev–Trinajstić information content (AvgIpc) is 2.90. The molecule has 2 aromatic carbocycles. The molecule has 5 nitrogen and oxygen atoms in total. The van der Waals surface area contributed by atoms with Gasteiger partial charge in [0.1, 0.15) is 5.75 Å². The van der Waals surface area contributed by atoms with E-state index in [0.29, 0.717) is 18.1 Å². The van der Waals surface area contributed by atoms with E-state index in [1.165, 1.54) is 0 Å². The number of carboxylic acid groups (broad SMARTS) is 1. The molecule has 0 aliphatic carbocycles. The zero-order valence-electron chi connectivity index (χ0n) is 14.3. The van der Waals surface area contributed by atoms with Gasteiger partial charge in [-0.3, -0.25) is 4.79 Å². The molecular weight excluding hydrogens is 316 g/mol. The predicted molar refractivity (Wildman–Crippen MR) is 95.9 cm³/mol. The number of hydrogen-bond donors (Lipinski definition) is 1. The van der Waals surface area contributed by atoms with Crippen LogP contribution in [0.1, 0.15) is 17.5 Å². The van der Waals surface area contributed by atoms with Crippen LogP contribution in [0.4, 0.5) is 0 Å². The second-order valence-electron chi connectivity index (χ2n) is 5.93. The molecule has 128 valence electrons. The van der Waals surface area contributed by atoms with Crippen LogP contribution in [0.3, 0.4) is 0 Å². The molecule has 0 bridgehead atoms. The standard InChI is InChI=1S/C20H20N2O3/c1-14-7-6-10-16(13-14)25-20-17(11-12-18(23)24)19(21-22(20)2)15-8-4-3-5-9-15/h3-10,13H,11-12H2,1-2H3,(H,23,24).